The van der Waals surface area contributed by atoms with Crippen LogP contribution in [0.4, 0.5) is 0 Å². The highest BCUT2D eigenvalue weighted by Crippen LogP contribution is 2.26. The first kappa shape index (κ1) is 11.6. The standard InChI is InChI=1S/C14H18O/c1-5-7-13-10-11(3)9-12(4)14(13)15-8-6-2/h5-7,9-10H,2,8H2,1,3-4H3. The molecule has 0 atom stereocenters. The molecule has 0 aromatic heterocycles. The fourth-order valence-electron chi connectivity index (χ4n) is 1.63. The molecule has 1 heteroatoms. The molecule has 1 rings (SSSR count). The van der Waals surface area contributed by atoms with Crippen LogP contribution < -0.4 is 4.74 Å². The molecule has 0 bridgehead atoms. The number of ether oxygens (including phenoxy) is 1. The Morgan fingerprint density at radius 3 is 2.67 bits per heavy atom. The molecule has 0 heterocycles. The van der Waals surface area contributed by atoms with Gasteiger partial charge < -0.3 is 4.74 Å². The van der Waals surface area contributed by atoms with Gasteiger partial charge in [-0.15, -0.1) is 0 Å². The topological polar surface area (TPSA) is 9.23 Å². The average Bonchev–Trinajstić information content (AvgIpc) is 2.17. The van der Waals surface area contributed by atoms with Gasteiger partial charge in [0.25, 0.3) is 0 Å². The van der Waals surface area contributed by atoms with Crippen LogP contribution in [0.3, 0.4) is 0 Å². The summed E-state index contributed by atoms with van der Waals surface area (Å²) in [5.41, 5.74) is 3.56. The van der Waals surface area contributed by atoms with Crippen molar-refractivity contribution in [3.63, 3.8) is 0 Å². The number of allylic oxidation sites excluding steroid dienone is 1. The van der Waals surface area contributed by atoms with Gasteiger partial charge in [0, 0.05) is 5.56 Å². The number of aryl methyl sites for hydroxylation is 2. The zero-order chi connectivity index (χ0) is 11.3. The van der Waals surface area contributed by atoms with Crippen molar-refractivity contribution in [2.45, 2.75) is 20.8 Å². The van der Waals surface area contributed by atoms with Crippen molar-refractivity contribution in [2.75, 3.05) is 6.61 Å². The molecule has 80 valence electrons. The summed E-state index contributed by atoms with van der Waals surface area (Å²) in [7, 11) is 0. The highest BCUT2D eigenvalue weighted by atomic mass is 16.5. The van der Waals surface area contributed by atoms with Crippen LogP contribution >= 0.6 is 0 Å². The molecule has 0 saturated carbocycles. The van der Waals surface area contributed by atoms with Crippen molar-refractivity contribution in [1.82, 2.24) is 0 Å². The van der Waals surface area contributed by atoms with Crippen LogP contribution in [0.2, 0.25) is 0 Å². The lowest BCUT2D eigenvalue weighted by Gasteiger charge is -2.11. The summed E-state index contributed by atoms with van der Waals surface area (Å²) in [5.74, 6) is 0.957. The van der Waals surface area contributed by atoms with Crippen LogP contribution in [-0.4, -0.2) is 6.61 Å². The quantitative estimate of drug-likeness (QED) is 0.673. The largest absolute Gasteiger partial charge is 0.489 e. The number of hydrogen-bond acceptors (Lipinski definition) is 1. The summed E-state index contributed by atoms with van der Waals surface area (Å²) < 4.78 is 5.66. The van der Waals surface area contributed by atoms with Crippen molar-refractivity contribution in [3.8, 4) is 5.75 Å². The molecule has 0 N–H and O–H groups in total. The van der Waals surface area contributed by atoms with Gasteiger partial charge in [-0.25, -0.2) is 0 Å². The number of rotatable bonds is 4. The fourth-order valence-corrected chi connectivity index (χ4v) is 1.63. The fraction of sp³-hybridized carbons (Fsp3) is 0.286. The minimum atomic E-state index is 0.550. The molecule has 0 aliphatic heterocycles. The van der Waals surface area contributed by atoms with Crippen LogP contribution in [0.15, 0.2) is 30.9 Å². The minimum absolute atomic E-state index is 0.550. The molecule has 0 aliphatic rings. The molecular weight excluding hydrogens is 184 g/mol. The second-order valence-electron chi connectivity index (χ2n) is 3.60. The molecule has 0 amide bonds. The highest BCUT2D eigenvalue weighted by Gasteiger charge is 2.05. The van der Waals surface area contributed by atoms with Gasteiger partial charge in [-0.05, 0) is 32.4 Å². The van der Waals surface area contributed by atoms with Gasteiger partial charge in [0.1, 0.15) is 12.4 Å². The van der Waals surface area contributed by atoms with Crippen molar-refractivity contribution in [1.29, 1.82) is 0 Å². The van der Waals surface area contributed by atoms with E-state index in [4.69, 9.17) is 4.74 Å². The van der Waals surface area contributed by atoms with Crippen molar-refractivity contribution < 1.29 is 4.74 Å². The number of hydrogen-bond donors (Lipinski definition) is 0. The van der Waals surface area contributed by atoms with Gasteiger partial charge in [0.05, 0.1) is 0 Å². The molecule has 0 fully saturated rings. The first-order valence-corrected chi connectivity index (χ1v) is 5.16. The summed E-state index contributed by atoms with van der Waals surface area (Å²) >= 11 is 0. The van der Waals surface area contributed by atoms with Gasteiger partial charge in [-0.3, -0.25) is 0 Å². The zero-order valence-corrected chi connectivity index (χ0v) is 9.71. The van der Waals surface area contributed by atoms with E-state index in [1.165, 1.54) is 11.1 Å². The monoisotopic (exact) mass is 202 g/mol. The second-order valence-corrected chi connectivity index (χ2v) is 3.60. The van der Waals surface area contributed by atoms with E-state index < -0.39 is 0 Å². The molecule has 0 aliphatic carbocycles. The zero-order valence-electron chi connectivity index (χ0n) is 9.71. The predicted octanol–water partition coefficient (Wildman–Crippen LogP) is 3.90. The van der Waals surface area contributed by atoms with Gasteiger partial charge >= 0.3 is 0 Å². The molecule has 1 aromatic rings. The Balaban J connectivity index is 3.13. The summed E-state index contributed by atoms with van der Waals surface area (Å²) in [6.07, 6.45) is 5.85. The molecule has 15 heavy (non-hydrogen) atoms. The van der Waals surface area contributed by atoms with E-state index in [0.29, 0.717) is 6.61 Å². The average molecular weight is 202 g/mol. The van der Waals surface area contributed by atoms with Gasteiger partial charge in [-0.2, -0.15) is 0 Å². The third kappa shape index (κ3) is 2.98. The third-order valence-electron chi connectivity index (χ3n) is 2.14. The smallest absolute Gasteiger partial charge is 0.129 e. The van der Waals surface area contributed by atoms with Crippen LogP contribution in [0.5, 0.6) is 5.75 Å². The lowest BCUT2D eigenvalue weighted by atomic mass is 10.1. The van der Waals surface area contributed by atoms with Crippen molar-refractivity contribution >= 4 is 6.08 Å². The van der Waals surface area contributed by atoms with E-state index in [2.05, 4.69) is 38.6 Å². The maximum Gasteiger partial charge on any atom is 0.129 e. The summed E-state index contributed by atoms with van der Waals surface area (Å²) in [5, 5.41) is 0. The lowest BCUT2D eigenvalue weighted by Crippen LogP contribution is -1.98. The lowest BCUT2D eigenvalue weighted by molar-refractivity contribution is 0.360. The normalized spacial score (nSPS) is 10.6. The molecular formula is C14H18O. The van der Waals surface area contributed by atoms with E-state index >= 15 is 0 Å². The SMILES string of the molecule is C=CCOc1c(C)cc(C)cc1C=CC. The molecule has 0 unspecified atom stereocenters. The molecule has 1 aromatic carbocycles. The van der Waals surface area contributed by atoms with Gasteiger partial charge in [0.15, 0.2) is 0 Å². The Hall–Kier alpha value is -1.50. The maximum atomic E-state index is 5.66. The summed E-state index contributed by atoms with van der Waals surface area (Å²) in [6.45, 7) is 10.4. The first-order valence-electron chi connectivity index (χ1n) is 5.16. The Bertz CT molecular complexity index is 375. The van der Waals surface area contributed by atoms with E-state index in [1.54, 1.807) is 6.08 Å². The second kappa shape index (κ2) is 5.40. The van der Waals surface area contributed by atoms with Crippen LogP contribution in [0.25, 0.3) is 6.08 Å². The number of benzene rings is 1. The maximum absolute atomic E-state index is 5.66. The minimum Gasteiger partial charge on any atom is -0.489 e. The highest BCUT2D eigenvalue weighted by molar-refractivity contribution is 5.60. The van der Waals surface area contributed by atoms with Crippen LogP contribution in [-0.2, 0) is 0 Å². The summed E-state index contributed by atoms with van der Waals surface area (Å²) in [6, 6.07) is 4.26. The Kier molecular flexibility index (Phi) is 4.17. The van der Waals surface area contributed by atoms with Gasteiger partial charge in [0.2, 0.25) is 0 Å². The van der Waals surface area contributed by atoms with Gasteiger partial charge in [-0.1, -0.05) is 36.4 Å². The van der Waals surface area contributed by atoms with E-state index in [1.807, 2.05) is 13.0 Å². The van der Waals surface area contributed by atoms with E-state index in [-0.39, 0.29) is 0 Å². The first-order chi connectivity index (χ1) is 7.19. The van der Waals surface area contributed by atoms with Crippen LogP contribution in [0.1, 0.15) is 23.6 Å². The Morgan fingerprint density at radius 2 is 2.07 bits per heavy atom. The third-order valence-corrected chi connectivity index (χ3v) is 2.14. The van der Waals surface area contributed by atoms with Crippen LogP contribution in [0, 0.1) is 13.8 Å². The summed E-state index contributed by atoms with van der Waals surface area (Å²) in [4.78, 5) is 0. The molecule has 0 spiro atoms. The molecule has 0 radical (unpaired) electrons. The van der Waals surface area contributed by atoms with Crippen molar-refractivity contribution in [2.24, 2.45) is 0 Å². The van der Waals surface area contributed by atoms with E-state index in [0.717, 1.165) is 11.3 Å². The predicted molar refractivity (Wildman–Crippen MR) is 66.3 cm³/mol. The van der Waals surface area contributed by atoms with Crippen molar-refractivity contribution in [3.05, 3.63) is 47.6 Å². The Labute approximate surface area is 92.1 Å². The Morgan fingerprint density at radius 1 is 1.33 bits per heavy atom. The molecule has 0 saturated heterocycles. The van der Waals surface area contributed by atoms with E-state index in [9.17, 15) is 0 Å². The molecule has 1 nitrogen and oxygen atoms in total.